The van der Waals surface area contributed by atoms with Crippen LogP contribution >= 0.6 is 43.2 Å². The van der Waals surface area contributed by atoms with Gasteiger partial charge in [-0.15, -0.1) is 11.3 Å². The minimum Gasteiger partial charge on any atom is -0.484 e. The van der Waals surface area contributed by atoms with Gasteiger partial charge >= 0.3 is 0 Å². The fraction of sp³-hybridized carbons (Fsp3) is 0.810. The summed E-state index contributed by atoms with van der Waals surface area (Å²) in [4.78, 5) is 0. The fourth-order valence-electron chi connectivity index (χ4n) is 3.29. The molecule has 0 spiro atoms. The normalized spacial score (nSPS) is 16.0. The summed E-state index contributed by atoms with van der Waals surface area (Å²) in [5.41, 5.74) is 0. The summed E-state index contributed by atoms with van der Waals surface area (Å²) in [6.07, 6.45) is 16.4. The molecule has 0 aromatic carbocycles. The Labute approximate surface area is 185 Å². The van der Waals surface area contributed by atoms with Gasteiger partial charge in [-0.25, -0.2) is 0 Å². The van der Waals surface area contributed by atoms with Crippen LogP contribution in [0.3, 0.4) is 0 Å². The molecule has 0 saturated carbocycles. The van der Waals surface area contributed by atoms with Crippen LogP contribution in [0.25, 0.3) is 0 Å². The first-order chi connectivity index (χ1) is 13.2. The zero-order valence-electron chi connectivity index (χ0n) is 16.6. The van der Waals surface area contributed by atoms with E-state index in [1.54, 1.807) is 11.3 Å². The second-order valence-electron chi connectivity index (χ2n) is 7.32. The van der Waals surface area contributed by atoms with Gasteiger partial charge in [-0.05, 0) is 38.3 Å². The zero-order valence-corrected chi connectivity index (χ0v) is 20.6. The van der Waals surface area contributed by atoms with Crippen molar-refractivity contribution in [2.45, 2.75) is 90.1 Å². The quantitative estimate of drug-likeness (QED) is 0.216. The smallest absolute Gasteiger partial charge is 0.188 e. The van der Waals surface area contributed by atoms with Crippen molar-refractivity contribution < 1.29 is 14.2 Å². The molecule has 0 radical (unpaired) electrons. The summed E-state index contributed by atoms with van der Waals surface area (Å²) in [6, 6.07) is 0. The Bertz CT molecular complexity index is 522. The van der Waals surface area contributed by atoms with Gasteiger partial charge in [0.25, 0.3) is 0 Å². The van der Waals surface area contributed by atoms with Crippen molar-refractivity contribution in [3.63, 3.8) is 0 Å². The van der Waals surface area contributed by atoms with Crippen LogP contribution in [0.5, 0.6) is 11.5 Å². The van der Waals surface area contributed by atoms with Crippen molar-refractivity contribution in [3.8, 4) is 11.5 Å². The number of fused-ring (bicyclic) bond motifs is 1. The van der Waals surface area contributed by atoms with Gasteiger partial charge < -0.3 is 14.2 Å². The maximum absolute atomic E-state index is 5.98. The van der Waals surface area contributed by atoms with Crippen molar-refractivity contribution in [1.82, 2.24) is 0 Å². The van der Waals surface area contributed by atoms with E-state index in [-0.39, 0.29) is 6.10 Å². The lowest BCUT2D eigenvalue weighted by atomic mass is 10.1. The Hall–Kier alpha value is 0.220. The highest BCUT2D eigenvalue weighted by Crippen LogP contribution is 2.50. The van der Waals surface area contributed by atoms with E-state index in [1.807, 2.05) is 0 Å². The predicted molar refractivity (Wildman–Crippen MR) is 122 cm³/mol. The average molecular weight is 526 g/mol. The predicted octanol–water partition coefficient (Wildman–Crippen LogP) is 8.13. The Balaban J connectivity index is 1.38. The molecule has 1 aliphatic rings. The van der Waals surface area contributed by atoms with Gasteiger partial charge in [-0.2, -0.15) is 0 Å². The Morgan fingerprint density at radius 1 is 0.852 bits per heavy atom. The van der Waals surface area contributed by atoms with E-state index in [4.69, 9.17) is 14.2 Å². The molecule has 0 aliphatic carbocycles. The SMILES string of the molecule is CCCCCCCCCCCCCCOCC1COc2c(Br)sc(Br)c2O1. The summed E-state index contributed by atoms with van der Waals surface area (Å²) in [5, 5.41) is 0. The van der Waals surface area contributed by atoms with Gasteiger partial charge in [0, 0.05) is 6.61 Å². The van der Waals surface area contributed by atoms with Gasteiger partial charge in [0.05, 0.1) is 6.61 Å². The topological polar surface area (TPSA) is 27.7 Å². The molecule has 0 amide bonds. The summed E-state index contributed by atoms with van der Waals surface area (Å²) >= 11 is 8.59. The molecule has 1 atom stereocenters. The molecule has 2 heterocycles. The third-order valence-electron chi connectivity index (χ3n) is 4.89. The lowest BCUT2D eigenvalue weighted by molar-refractivity contribution is 0.00772. The number of hydrogen-bond acceptors (Lipinski definition) is 4. The minimum atomic E-state index is -0.0207. The van der Waals surface area contributed by atoms with E-state index < -0.39 is 0 Å². The summed E-state index contributed by atoms with van der Waals surface area (Å²) in [6.45, 7) is 4.24. The molecule has 1 aromatic heterocycles. The number of ether oxygens (including phenoxy) is 3. The molecule has 27 heavy (non-hydrogen) atoms. The Morgan fingerprint density at radius 2 is 1.41 bits per heavy atom. The molecule has 156 valence electrons. The molecule has 6 heteroatoms. The Kier molecular flexibility index (Phi) is 12.4. The van der Waals surface area contributed by atoms with E-state index >= 15 is 0 Å². The molecule has 0 bridgehead atoms. The highest BCUT2D eigenvalue weighted by Gasteiger charge is 2.27. The molecule has 0 N–H and O–H groups in total. The van der Waals surface area contributed by atoms with E-state index in [2.05, 4.69) is 38.8 Å². The molecule has 3 nitrogen and oxygen atoms in total. The van der Waals surface area contributed by atoms with E-state index in [1.165, 1.54) is 70.6 Å². The monoisotopic (exact) mass is 524 g/mol. The summed E-state index contributed by atoms with van der Waals surface area (Å²) in [5.74, 6) is 1.61. The van der Waals surface area contributed by atoms with Crippen LogP contribution in [0.1, 0.15) is 84.0 Å². The molecule has 1 aromatic rings. The molecule has 0 saturated heterocycles. The molecule has 1 unspecified atom stereocenters. The van der Waals surface area contributed by atoms with Crippen molar-refractivity contribution >= 4 is 43.2 Å². The van der Waals surface area contributed by atoms with Crippen molar-refractivity contribution in [2.24, 2.45) is 0 Å². The van der Waals surface area contributed by atoms with Crippen LogP contribution < -0.4 is 9.47 Å². The highest BCUT2D eigenvalue weighted by molar-refractivity contribution is 9.12. The minimum absolute atomic E-state index is 0.0207. The van der Waals surface area contributed by atoms with Gasteiger partial charge in [0.15, 0.2) is 17.6 Å². The van der Waals surface area contributed by atoms with E-state index in [9.17, 15) is 0 Å². The maximum Gasteiger partial charge on any atom is 0.188 e. The summed E-state index contributed by atoms with van der Waals surface area (Å²) in [7, 11) is 0. The molecular formula is C21H34Br2O3S. The second-order valence-corrected chi connectivity index (χ2v) is 11.0. The van der Waals surface area contributed by atoms with Crippen LogP contribution in [0.2, 0.25) is 0 Å². The first kappa shape index (κ1) is 23.5. The number of halogens is 2. The number of hydrogen-bond donors (Lipinski definition) is 0. The first-order valence-electron chi connectivity index (χ1n) is 10.6. The number of rotatable bonds is 15. The van der Waals surface area contributed by atoms with Gasteiger partial charge in [-0.3, -0.25) is 0 Å². The van der Waals surface area contributed by atoms with E-state index in [0.29, 0.717) is 13.2 Å². The second kappa shape index (κ2) is 14.2. The standard InChI is InChI=1S/C21H34Br2O3S/c1-2-3-4-5-6-7-8-9-10-11-12-13-14-24-15-17-16-25-18-19(26-17)21(23)27-20(18)22/h17H,2-16H2,1H3. The fourth-order valence-corrected chi connectivity index (χ4v) is 6.12. The first-order valence-corrected chi connectivity index (χ1v) is 13.0. The van der Waals surface area contributed by atoms with Crippen molar-refractivity contribution in [3.05, 3.63) is 7.57 Å². The molecule has 2 rings (SSSR count). The number of thiophene rings is 1. The number of unbranched alkanes of at least 4 members (excludes halogenated alkanes) is 11. The van der Waals surface area contributed by atoms with Gasteiger partial charge in [0.2, 0.25) is 0 Å². The van der Waals surface area contributed by atoms with Crippen LogP contribution in [-0.4, -0.2) is 25.9 Å². The van der Waals surface area contributed by atoms with E-state index in [0.717, 1.165) is 32.1 Å². The maximum atomic E-state index is 5.98. The van der Waals surface area contributed by atoms with Crippen LogP contribution in [0.4, 0.5) is 0 Å². The molecule has 1 aliphatic heterocycles. The van der Waals surface area contributed by atoms with Gasteiger partial charge in [-0.1, -0.05) is 77.6 Å². The van der Waals surface area contributed by atoms with Crippen molar-refractivity contribution in [2.75, 3.05) is 19.8 Å². The largest absolute Gasteiger partial charge is 0.484 e. The Morgan fingerprint density at radius 3 is 2.04 bits per heavy atom. The molecular weight excluding hydrogens is 492 g/mol. The lowest BCUT2D eigenvalue weighted by Gasteiger charge is -2.25. The molecule has 0 fully saturated rings. The van der Waals surface area contributed by atoms with Crippen LogP contribution in [-0.2, 0) is 4.74 Å². The zero-order chi connectivity index (χ0) is 19.3. The van der Waals surface area contributed by atoms with Crippen LogP contribution in [0, 0.1) is 0 Å². The third-order valence-corrected chi connectivity index (χ3v) is 7.31. The van der Waals surface area contributed by atoms with Gasteiger partial charge in [0.1, 0.15) is 14.2 Å². The summed E-state index contributed by atoms with van der Waals surface area (Å²) < 4.78 is 19.5. The lowest BCUT2D eigenvalue weighted by Crippen LogP contribution is -2.33. The van der Waals surface area contributed by atoms with Crippen molar-refractivity contribution in [1.29, 1.82) is 0 Å². The third kappa shape index (κ3) is 9.05. The van der Waals surface area contributed by atoms with Crippen LogP contribution in [0.15, 0.2) is 7.57 Å². The highest BCUT2D eigenvalue weighted by atomic mass is 79.9. The average Bonchev–Trinajstić information content (AvgIpc) is 2.95.